The Labute approximate surface area is 81.2 Å². The minimum Gasteiger partial charge on any atom is -0.391 e. The summed E-state index contributed by atoms with van der Waals surface area (Å²) in [6.45, 7) is 1.94. The molecule has 0 aromatic carbocycles. The first-order chi connectivity index (χ1) is 6.18. The number of hydrogen-bond donors (Lipinski definition) is 1. The van der Waals surface area contributed by atoms with Crippen LogP contribution in [0.1, 0.15) is 17.8 Å². The molecule has 2 rings (SSSR count). The molecule has 1 aromatic heterocycles. The molecule has 1 aromatic rings. The van der Waals surface area contributed by atoms with Crippen LogP contribution in [0.15, 0.2) is 0 Å². The maximum Gasteiger partial charge on any atom is 0.208 e. The first-order valence-corrected chi connectivity index (χ1v) is 5.21. The molecular formula is C8H13N3OS. The van der Waals surface area contributed by atoms with Crippen molar-refractivity contribution in [2.45, 2.75) is 31.9 Å². The van der Waals surface area contributed by atoms with Gasteiger partial charge >= 0.3 is 0 Å². The number of hydrogen-bond acceptors (Lipinski definition) is 5. The van der Waals surface area contributed by atoms with E-state index in [0.717, 1.165) is 23.0 Å². The van der Waals surface area contributed by atoms with Gasteiger partial charge in [0.05, 0.1) is 12.1 Å². The number of anilines is 1. The molecule has 13 heavy (non-hydrogen) atoms. The fourth-order valence-corrected chi connectivity index (χ4v) is 2.19. The van der Waals surface area contributed by atoms with Crippen LogP contribution in [0.5, 0.6) is 0 Å². The monoisotopic (exact) mass is 199 g/mol. The molecule has 2 unspecified atom stereocenters. The van der Waals surface area contributed by atoms with E-state index < -0.39 is 0 Å². The lowest BCUT2D eigenvalue weighted by molar-refractivity contribution is 0.0668. The second-order valence-corrected chi connectivity index (χ2v) is 4.59. The second-order valence-electron chi connectivity index (χ2n) is 3.43. The molecule has 2 atom stereocenters. The van der Waals surface area contributed by atoms with Gasteiger partial charge in [-0.2, -0.15) is 0 Å². The largest absolute Gasteiger partial charge is 0.391 e. The molecular weight excluding hydrogens is 186 g/mol. The van der Waals surface area contributed by atoms with Crippen LogP contribution >= 0.6 is 11.3 Å². The molecule has 1 heterocycles. The molecule has 0 bridgehead atoms. The van der Waals surface area contributed by atoms with Crippen LogP contribution in [-0.2, 0) is 0 Å². The van der Waals surface area contributed by atoms with Gasteiger partial charge in [0, 0.05) is 7.05 Å². The van der Waals surface area contributed by atoms with E-state index in [9.17, 15) is 5.11 Å². The quantitative estimate of drug-likeness (QED) is 0.765. The number of likely N-dealkylation sites (N-methyl/N-ethyl adjacent to an activating group) is 1. The van der Waals surface area contributed by atoms with Crippen LogP contribution in [-0.4, -0.2) is 34.5 Å². The molecule has 0 aliphatic heterocycles. The summed E-state index contributed by atoms with van der Waals surface area (Å²) in [5, 5.41) is 19.3. The van der Waals surface area contributed by atoms with Crippen molar-refractivity contribution in [1.29, 1.82) is 0 Å². The highest BCUT2D eigenvalue weighted by Crippen LogP contribution is 2.30. The first kappa shape index (κ1) is 8.90. The number of aliphatic hydroxyl groups excluding tert-OH is 1. The summed E-state index contributed by atoms with van der Waals surface area (Å²) >= 11 is 1.57. The van der Waals surface area contributed by atoms with E-state index in [2.05, 4.69) is 10.2 Å². The van der Waals surface area contributed by atoms with Crippen LogP contribution in [0.2, 0.25) is 0 Å². The Balaban J connectivity index is 2.08. The summed E-state index contributed by atoms with van der Waals surface area (Å²) < 4.78 is 0. The Morgan fingerprint density at radius 1 is 1.46 bits per heavy atom. The number of aliphatic hydroxyl groups is 1. The first-order valence-electron chi connectivity index (χ1n) is 4.39. The summed E-state index contributed by atoms with van der Waals surface area (Å²) in [6, 6.07) is 0.243. The molecule has 1 fully saturated rings. The normalized spacial score (nSPS) is 27.0. The Bertz CT molecular complexity index is 301. The number of aryl methyl sites for hydroxylation is 1. The number of aromatic nitrogens is 2. The Morgan fingerprint density at radius 2 is 2.23 bits per heavy atom. The van der Waals surface area contributed by atoms with Crippen molar-refractivity contribution >= 4 is 16.5 Å². The number of nitrogens with zero attached hydrogens (tertiary/aromatic N) is 3. The smallest absolute Gasteiger partial charge is 0.208 e. The third kappa shape index (κ3) is 1.53. The predicted molar refractivity (Wildman–Crippen MR) is 52.1 cm³/mol. The van der Waals surface area contributed by atoms with Gasteiger partial charge in [-0.25, -0.2) is 0 Å². The standard InChI is InChI=1S/C8H13N3OS/c1-5-9-10-8(13-5)11(2)6-3-4-7(6)12/h6-7,12H,3-4H2,1-2H3. The van der Waals surface area contributed by atoms with Gasteiger partial charge < -0.3 is 10.0 Å². The van der Waals surface area contributed by atoms with Crippen LogP contribution in [0.3, 0.4) is 0 Å². The molecule has 1 N–H and O–H groups in total. The summed E-state index contributed by atoms with van der Waals surface area (Å²) in [5.41, 5.74) is 0. The van der Waals surface area contributed by atoms with Gasteiger partial charge in [0.15, 0.2) is 0 Å². The van der Waals surface area contributed by atoms with Crippen LogP contribution in [0.4, 0.5) is 5.13 Å². The lowest BCUT2D eigenvalue weighted by Gasteiger charge is -2.39. The molecule has 72 valence electrons. The van der Waals surface area contributed by atoms with Gasteiger partial charge in [0.2, 0.25) is 5.13 Å². The van der Waals surface area contributed by atoms with E-state index in [-0.39, 0.29) is 12.1 Å². The minimum atomic E-state index is -0.186. The van der Waals surface area contributed by atoms with E-state index in [0.29, 0.717) is 0 Å². The highest BCUT2D eigenvalue weighted by Gasteiger charge is 2.33. The zero-order chi connectivity index (χ0) is 9.42. The van der Waals surface area contributed by atoms with Gasteiger partial charge in [0.25, 0.3) is 0 Å². The molecule has 1 saturated carbocycles. The van der Waals surface area contributed by atoms with Crippen LogP contribution in [0.25, 0.3) is 0 Å². The van der Waals surface area contributed by atoms with Crippen molar-refractivity contribution in [1.82, 2.24) is 10.2 Å². The summed E-state index contributed by atoms with van der Waals surface area (Å²) in [7, 11) is 1.97. The fraction of sp³-hybridized carbons (Fsp3) is 0.750. The SMILES string of the molecule is Cc1nnc(N(C)C2CCC2O)s1. The summed E-state index contributed by atoms with van der Waals surface area (Å²) in [4.78, 5) is 2.03. The van der Waals surface area contributed by atoms with Crippen LogP contribution < -0.4 is 4.90 Å². The zero-order valence-electron chi connectivity index (χ0n) is 7.77. The molecule has 5 heteroatoms. The maximum absolute atomic E-state index is 9.46. The predicted octanol–water partition coefficient (Wildman–Crippen LogP) is 0.806. The van der Waals surface area contributed by atoms with Crippen molar-refractivity contribution in [3.05, 3.63) is 5.01 Å². The lowest BCUT2D eigenvalue weighted by atomic mass is 9.88. The van der Waals surface area contributed by atoms with E-state index >= 15 is 0 Å². The number of rotatable bonds is 2. The average Bonchev–Trinajstić information content (AvgIpc) is 2.49. The van der Waals surface area contributed by atoms with Crippen molar-refractivity contribution in [3.63, 3.8) is 0 Å². The van der Waals surface area contributed by atoms with E-state index in [1.54, 1.807) is 11.3 Å². The highest BCUT2D eigenvalue weighted by atomic mass is 32.1. The Hall–Kier alpha value is -0.680. The fourth-order valence-electron chi connectivity index (χ4n) is 1.49. The van der Waals surface area contributed by atoms with E-state index in [4.69, 9.17) is 0 Å². The molecule has 0 spiro atoms. The van der Waals surface area contributed by atoms with Crippen molar-refractivity contribution < 1.29 is 5.11 Å². The summed E-state index contributed by atoms with van der Waals surface area (Å²) in [5.74, 6) is 0. The molecule has 1 aliphatic carbocycles. The van der Waals surface area contributed by atoms with E-state index in [1.807, 2.05) is 18.9 Å². The molecule has 4 nitrogen and oxygen atoms in total. The van der Waals surface area contributed by atoms with Gasteiger partial charge in [0.1, 0.15) is 5.01 Å². The van der Waals surface area contributed by atoms with Gasteiger partial charge in [-0.1, -0.05) is 11.3 Å². The van der Waals surface area contributed by atoms with Crippen LogP contribution in [0, 0.1) is 6.92 Å². The third-order valence-corrected chi connectivity index (χ3v) is 3.45. The van der Waals surface area contributed by atoms with Crippen molar-refractivity contribution in [2.24, 2.45) is 0 Å². The molecule has 0 radical (unpaired) electrons. The maximum atomic E-state index is 9.46. The Morgan fingerprint density at radius 3 is 2.62 bits per heavy atom. The molecule has 0 saturated heterocycles. The van der Waals surface area contributed by atoms with Gasteiger partial charge in [-0.15, -0.1) is 10.2 Å². The highest BCUT2D eigenvalue weighted by molar-refractivity contribution is 7.15. The molecule has 1 aliphatic rings. The lowest BCUT2D eigenvalue weighted by Crippen LogP contribution is -2.48. The van der Waals surface area contributed by atoms with Gasteiger partial charge in [-0.3, -0.25) is 0 Å². The third-order valence-electron chi connectivity index (χ3n) is 2.52. The minimum absolute atomic E-state index is 0.186. The zero-order valence-corrected chi connectivity index (χ0v) is 8.58. The van der Waals surface area contributed by atoms with Crippen molar-refractivity contribution in [2.75, 3.05) is 11.9 Å². The second kappa shape index (κ2) is 3.23. The van der Waals surface area contributed by atoms with Crippen molar-refractivity contribution in [3.8, 4) is 0 Å². The van der Waals surface area contributed by atoms with E-state index in [1.165, 1.54) is 0 Å². The van der Waals surface area contributed by atoms with Gasteiger partial charge in [-0.05, 0) is 19.8 Å². The molecule has 0 amide bonds. The summed E-state index contributed by atoms with van der Waals surface area (Å²) in [6.07, 6.45) is 1.78. The topological polar surface area (TPSA) is 49.2 Å². The average molecular weight is 199 g/mol. The Kier molecular flexibility index (Phi) is 2.21.